The lowest BCUT2D eigenvalue weighted by Crippen LogP contribution is -2.50. The Balaban J connectivity index is 1.67. The summed E-state index contributed by atoms with van der Waals surface area (Å²) in [7, 11) is 3.97. The Bertz CT molecular complexity index is 812. The number of phenols is 1. The average molecular weight is 367 g/mol. The van der Waals surface area contributed by atoms with Gasteiger partial charge in [-0.25, -0.2) is 0 Å². The van der Waals surface area contributed by atoms with Gasteiger partial charge in [-0.1, -0.05) is 12.1 Å². The predicted octanol–water partition coefficient (Wildman–Crippen LogP) is 2.92. The topological polar surface area (TPSA) is 47.0 Å². The normalized spacial score (nSPS) is 15.6. The zero-order valence-corrected chi connectivity index (χ0v) is 16.7. The van der Waals surface area contributed by atoms with Crippen LogP contribution in [0.25, 0.3) is 0 Å². The van der Waals surface area contributed by atoms with E-state index in [0.29, 0.717) is 31.9 Å². The van der Waals surface area contributed by atoms with Crippen molar-refractivity contribution in [3.63, 3.8) is 0 Å². The van der Waals surface area contributed by atoms with Gasteiger partial charge in [0.05, 0.1) is 6.54 Å². The van der Waals surface area contributed by atoms with Crippen LogP contribution in [-0.4, -0.2) is 54.5 Å². The molecule has 1 N–H and O–H groups in total. The van der Waals surface area contributed by atoms with Crippen LogP contribution in [0.2, 0.25) is 0 Å². The summed E-state index contributed by atoms with van der Waals surface area (Å²) in [5, 5.41) is 10.0. The fraction of sp³-hybridized carbons (Fsp3) is 0.409. The van der Waals surface area contributed by atoms with Gasteiger partial charge in [-0.15, -0.1) is 0 Å². The molecule has 1 aliphatic rings. The van der Waals surface area contributed by atoms with Crippen molar-refractivity contribution in [2.24, 2.45) is 0 Å². The molecule has 27 heavy (non-hydrogen) atoms. The molecule has 5 heteroatoms. The van der Waals surface area contributed by atoms with Gasteiger partial charge in [-0.3, -0.25) is 9.69 Å². The Kier molecular flexibility index (Phi) is 5.82. The fourth-order valence-electron chi connectivity index (χ4n) is 3.70. The van der Waals surface area contributed by atoms with E-state index < -0.39 is 0 Å². The minimum atomic E-state index is 0.138. The number of amides is 1. The zero-order valence-electron chi connectivity index (χ0n) is 16.7. The number of carbonyl (C=O) groups excluding carboxylic acids is 1. The van der Waals surface area contributed by atoms with Gasteiger partial charge in [0.1, 0.15) is 5.75 Å². The maximum Gasteiger partial charge on any atom is 0.241 e. The van der Waals surface area contributed by atoms with Gasteiger partial charge in [0, 0.05) is 37.4 Å². The first-order valence-corrected chi connectivity index (χ1v) is 9.38. The zero-order chi connectivity index (χ0) is 19.6. The van der Waals surface area contributed by atoms with Crippen molar-refractivity contribution in [2.45, 2.75) is 26.9 Å². The first-order valence-electron chi connectivity index (χ1n) is 9.38. The monoisotopic (exact) mass is 367 g/mol. The summed E-state index contributed by atoms with van der Waals surface area (Å²) in [5.41, 5.74) is 5.39. The highest BCUT2D eigenvalue weighted by Crippen LogP contribution is 2.23. The van der Waals surface area contributed by atoms with E-state index in [9.17, 15) is 9.90 Å². The van der Waals surface area contributed by atoms with Gasteiger partial charge in [0.15, 0.2) is 0 Å². The van der Waals surface area contributed by atoms with Crippen molar-refractivity contribution in [1.29, 1.82) is 0 Å². The van der Waals surface area contributed by atoms with Gasteiger partial charge in [0.2, 0.25) is 5.91 Å². The molecule has 0 aliphatic carbocycles. The summed E-state index contributed by atoms with van der Waals surface area (Å²) in [6, 6.07) is 12.0. The number of carbonyl (C=O) groups is 1. The number of nitrogens with zero attached hydrogens (tertiary/aromatic N) is 3. The molecule has 1 aliphatic heterocycles. The van der Waals surface area contributed by atoms with Crippen molar-refractivity contribution in [1.82, 2.24) is 9.80 Å². The van der Waals surface area contributed by atoms with Crippen LogP contribution in [0.1, 0.15) is 22.3 Å². The summed E-state index contributed by atoms with van der Waals surface area (Å²) in [6.45, 7) is 7.48. The number of aromatic hydroxyl groups is 1. The minimum Gasteiger partial charge on any atom is -0.508 e. The SMILES string of the molecule is Cc1cc(C)cc(N2CCN(Cc3ccc(O)c(CN(C)C)c3)CC2=O)c1. The second-order valence-electron chi connectivity index (χ2n) is 7.80. The van der Waals surface area contributed by atoms with Crippen LogP contribution in [-0.2, 0) is 17.9 Å². The third-order valence-electron chi connectivity index (χ3n) is 4.85. The second-order valence-corrected chi connectivity index (χ2v) is 7.80. The number of rotatable bonds is 5. The standard InChI is InChI=1S/C22H29N3O2/c1-16-9-17(2)11-20(10-16)25-8-7-24(15-22(25)27)13-18-5-6-21(26)19(12-18)14-23(3)4/h5-6,9-12,26H,7-8,13-15H2,1-4H3. The fourth-order valence-corrected chi connectivity index (χ4v) is 3.70. The molecule has 1 amide bonds. The molecule has 0 radical (unpaired) electrons. The van der Waals surface area contributed by atoms with Crippen molar-refractivity contribution in [3.8, 4) is 5.75 Å². The third kappa shape index (κ3) is 4.87. The Morgan fingerprint density at radius 2 is 1.74 bits per heavy atom. The molecule has 1 fully saturated rings. The smallest absolute Gasteiger partial charge is 0.241 e. The van der Waals surface area contributed by atoms with Crippen LogP contribution in [0.5, 0.6) is 5.75 Å². The summed E-state index contributed by atoms with van der Waals surface area (Å²) in [4.78, 5) is 18.8. The van der Waals surface area contributed by atoms with Gasteiger partial charge < -0.3 is 14.9 Å². The molecule has 2 aromatic rings. The maximum atomic E-state index is 12.7. The first-order chi connectivity index (χ1) is 12.8. The van der Waals surface area contributed by atoms with E-state index in [4.69, 9.17) is 0 Å². The van der Waals surface area contributed by atoms with Crippen LogP contribution in [0.15, 0.2) is 36.4 Å². The van der Waals surface area contributed by atoms with E-state index in [1.54, 1.807) is 6.07 Å². The molecule has 5 nitrogen and oxygen atoms in total. The quantitative estimate of drug-likeness (QED) is 0.883. The molecule has 1 heterocycles. The van der Waals surface area contributed by atoms with Crippen LogP contribution < -0.4 is 4.90 Å². The lowest BCUT2D eigenvalue weighted by Gasteiger charge is -2.34. The van der Waals surface area contributed by atoms with E-state index in [-0.39, 0.29) is 5.91 Å². The Morgan fingerprint density at radius 3 is 2.37 bits per heavy atom. The number of hydrogen-bond acceptors (Lipinski definition) is 4. The molecule has 0 spiro atoms. The van der Waals surface area contributed by atoms with E-state index in [0.717, 1.165) is 23.4 Å². The van der Waals surface area contributed by atoms with Crippen molar-refractivity contribution >= 4 is 11.6 Å². The number of phenolic OH excluding ortho intramolecular Hbond substituents is 1. The Labute approximate surface area is 161 Å². The average Bonchev–Trinajstić information content (AvgIpc) is 2.56. The molecular weight excluding hydrogens is 338 g/mol. The third-order valence-corrected chi connectivity index (χ3v) is 4.85. The maximum absolute atomic E-state index is 12.7. The van der Waals surface area contributed by atoms with Crippen molar-refractivity contribution in [2.75, 3.05) is 38.6 Å². The molecule has 0 atom stereocenters. The highest BCUT2D eigenvalue weighted by molar-refractivity contribution is 5.95. The van der Waals surface area contributed by atoms with E-state index in [1.165, 1.54) is 11.1 Å². The van der Waals surface area contributed by atoms with Crippen LogP contribution in [0.3, 0.4) is 0 Å². The van der Waals surface area contributed by atoms with Crippen molar-refractivity contribution in [3.05, 3.63) is 58.7 Å². The largest absolute Gasteiger partial charge is 0.508 e. The van der Waals surface area contributed by atoms with E-state index in [2.05, 4.69) is 36.9 Å². The molecule has 0 saturated carbocycles. The van der Waals surface area contributed by atoms with Crippen LogP contribution in [0.4, 0.5) is 5.69 Å². The Hall–Kier alpha value is -2.37. The molecule has 0 bridgehead atoms. The summed E-state index contributed by atoms with van der Waals surface area (Å²) >= 11 is 0. The minimum absolute atomic E-state index is 0.138. The first kappa shape index (κ1) is 19.4. The van der Waals surface area contributed by atoms with Gasteiger partial charge in [-0.05, 0) is 68.9 Å². The van der Waals surface area contributed by atoms with Crippen LogP contribution in [0, 0.1) is 13.8 Å². The van der Waals surface area contributed by atoms with E-state index >= 15 is 0 Å². The van der Waals surface area contributed by atoms with Gasteiger partial charge >= 0.3 is 0 Å². The number of piperazine rings is 1. The highest BCUT2D eigenvalue weighted by atomic mass is 16.3. The summed E-state index contributed by atoms with van der Waals surface area (Å²) in [6.07, 6.45) is 0. The molecule has 1 saturated heterocycles. The summed E-state index contributed by atoms with van der Waals surface area (Å²) in [5.74, 6) is 0.460. The lowest BCUT2D eigenvalue weighted by molar-refractivity contribution is -0.121. The van der Waals surface area contributed by atoms with E-state index in [1.807, 2.05) is 36.0 Å². The van der Waals surface area contributed by atoms with Gasteiger partial charge in [0.25, 0.3) is 0 Å². The molecule has 0 unspecified atom stereocenters. The summed E-state index contributed by atoms with van der Waals surface area (Å²) < 4.78 is 0. The highest BCUT2D eigenvalue weighted by Gasteiger charge is 2.25. The molecule has 0 aromatic heterocycles. The number of hydrogen-bond donors (Lipinski definition) is 1. The number of aryl methyl sites for hydroxylation is 2. The molecular formula is C22H29N3O2. The Morgan fingerprint density at radius 1 is 1.04 bits per heavy atom. The van der Waals surface area contributed by atoms with Crippen molar-refractivity contribution < 1.29 is 9.90 Å². The molecule has 2 aromatic carbocycles. The number of anilines is 1. The predicted molar refractivity (Wildman–Crippen MR) is 109 cm³/mol. The molecule has 3 rings (SSSR count). The van der Waals surface area contributed by atoms with Gasteiger partial charge in [-0.2, -0.15) is 0 Å². The number of benzene rings is 2. The lowest BCUT2D eigenvalue weighted by atomic mass is 10.1. The van der Waals surface area contributed by atoms with Crippen LogP contribution >= 0.6 is 0 Å². The molecule has 144 valence electrons. The second kappa shape index (κ2) is 8.11.